The van der Waals surface area contributed by atoms with Gasteiger partial charge in [-0.15, -0.1) is 11.3 Å². The average Bonchev–Trinajstić information content (AvgIpc) is 2.95. The highest BCUT2D eigenvalue weighted by atomic mass is 35.5. The van der Waals surface area contributed by atoms with Crippen molar-refractivity contribution in [2.75, 3.05) is 12.8 Å². The Balaban J connectivity index is 2.06. The maximum atomic E-state index is 13.5. The molecule has 1 aliphatic heterocycles. The van der Waals surface area contributed by atoms with Crippen LogP contribution >= 0.6 is 22.9 Å². The van der Waals surface area contributed by atoms with Gasteiger partial charge in [-0.3, -0.25) is 5.41 Å². The van der Waals surface area contributed by atoms with Gasteiger partial charge in [0.1, 0.15) is 11.9 Å². The van der Waals surface area contributed by atoms with Gasteiger partial charge in [-0.05, 0) is 30.7 Å². The van der Waals surface area contributed by atoms with Crippen molar-refractivity contribution in [1.82, 2.24) is 9.62 Å². The summed E-state index contributed by atoms with van der Waals surface area (Å²) < 4.78 is 39.1. The van der Waals surface area contributed by atoms with Crippen molar-refractivity contribution in [3.05, 3.63) is 45.5 Å². The number of nitrogens with one attached hydrogen (secondary N) is 2. The smallest absolute Gasteiger partial charge is 0.239 e. The summed E-state index contributed by atoms with van der Waals surface area (Å²) in [6.45, 7) is 1.67. The first-order chi connectivity index (χ1) is 12.1. The van der Waals surface area contributed by atoms with Crippen LogP contribution in [0.5, 0.6) is 0 Å². The molecule has 26 heavy (non-hydrogen) atoms. The minimum absolute atomic E-state index is 0.0819. The molecule has 2 heterocycles. The van der Waals surface area contributed by atoms with Crippen LogP contribution in [0.1, 0.15) is 17.4 Å². The Kier molecular flexibility index (Phi) is 4.46. The molecule has 0 aliphatic carbocycles. The Morgan fingerprint density at radius 1 is 1.46 bits per heavy atom. The molecule has 0 radical (unpaired) electrons. The van der Waals surface area contributed by atoms with E-state index in [0.717, 1.165) is 4.31 Å². The highest BCUT2D eigenvalue weighted by molar-refractivity contribution is 7.89. The highest BCUT2D eigenvalue weighted by Gasteiger charge is 2.44. The lowest BCUT2D eigenvalue weighted by atomic mass is 10.0. The zero-order valence-corrected chi connectivity index (χ0v) is 16.2. The summed E-state index contributed by atoms with van der Waals surface area (Å²) in [7, 11) is -2.34. The molecule has 0 unspecified atom stereocenters. The Morgan fingerprint density at radius 3 is 2.77 bits per heavy atom. The molecule has 3 rings (SSSR count). The van der Waals surface area contributed by atoms with E-state index < -0.39 is 21.4 Å². The number of sulfonamides is 1. The van der Waals surface area contributed by atoms with Crippen molar-refractivity contribution in [3.8, 4) is 16.5 Å². The van der Waals surface area contributed by atoms with Crippen LogP contribution < -0.4 is 5.32 Å². The predicted molar refractivity (Wildman–Crippen MR) is 99.2 cm³/mol. The molecule has 0 bridgehead atoms. The number of hydrogen-bond donors (Lipinski definition) is 2. The SMILES string of the molecule is CN1C(=N)N[C@](C)(c2sc(-c3ccc(F)c(C#N)c3)cc2Cl)CS1(=O)=O. The maximum Gasteiger partial charge on any atom is 0.239 e. The molecule has 2 aromatic rings. The molecule has 1 atom stereocenters. The van der Waals surface area contributed by atoms with E-state index in [1.807, 2.05) is 0 Å². The van der Waals surface area contributed by atoms with Gasteiger partial charge in [-0.2, -0.15) is 5.26 Å². The number of hydrogen-bond acceptors (Lipinski definition) is 5. The Labute approximate surface area is 159 Å². The standard InChI is InChI=1S/C16H14ClFN4O2S2/c1-16(8-26(23,24)22(2)15(20)21-16)14-11(17)6-13(25-14)9-3-4-12(18)10(5-9)7-19/h3-6H,8H2,1-2H3,(H2,20,21)/t16-/m0/s1. The average molecular weight is 413 g/mol. The van der Waals surface area contributed by atoms with Crippen LogP contribution in [0.25, 0.3) is 10.4 Å². The second-order valence-electron chi connectivity index (χ2n) is 6.12. The molecular weight excluding hydrogens is 399 g/mol. The number of guanidine groups is 1. The summed E-state index contributed by atoms with van der Waals surface area (Å²) in [5, 5.41) is 20.1. The number of benzene rings is 1. The van der Waals surface area contributed by atoms with Gasteiger partial charge < -0.3 is 5.32 Å². The van der Waals surface area contributed by atoms with E-state index in [4.69, 9.17) is 22.3 Å². The van der Waals surface area contributed by atoms with Crippen LogP contribution in [0.2, 0.25) is 5.02 Å². The van der Waals surface area contributed by atoms with E-state index in [1.54, 1.807) is 19.1 Å². The van der Waals surface area contributed by atoms with Crippen molar-refractivity contribution in [2.24, 2.45) is 0 Å². The zero-order chi connectivity index (χ0) is 19.3. The van der Waals surface area contributed by atoms with Crippen molar-refractivity contribution >= 4 is 38.9 Å². The van der Waals surface area contributed by atoms with Gasteiger partial charge in [0.25, 0.3) is 0 Å². The van der Waals surface area contributed by atoms with Gasteiger partial charge in [0.05, 0.1) is 26.8 Å². The molecule has 136 valence electrons. The molecule has 6 nitrogen and oxygen atoms in total. The fraction of sp³-hybridized carbons (Fsp3) is 0.250. The van der Waals surface area contributed by atoms with Crippen molar-refractivity contribution < 1.29 is 12.8 Å². The second kappa shape index (κ2) is 6.23. The highest BCUT2D eigenvalue weighted by Crippen LogP contribution is 2.42. The number of halogens is 2. The van der Waals surface area contributed by atoms with E-state index in [-0.39, 0.29) is 17.3 Å². The van der Waals surface area contributed by atoms with Gasteiger partial charge in [0.15, 0.2) is 0 Å². The topological polar surface area (TPSA) is 97.1 Å². The third-order valence-corrected chi connectivity index (χ3v) is 7.97. The van der Waals surface area contributed by atoms with E-state index >= 15 is 0 Å². The summed E-state index contributed by atoms with van der Waals surface area (Å²) in [5.41, 5.74) is -0.544. The predicted octanol–water partition coefficient (Wildman–Crippen LogP) is 3.09. The largest absolute Gasteiger partial charge is 0.344 e. The fourth-order valence-corrected chi connectivity index (χ4v) is 5.95. The summed E-state index contributed by atoms with van der Waals surface area (Å²) >= 11 is 7.59. The van der Waals surface area contributed by atoms with Crippen molar-refractivity contribution in [2.45, 2.75) is 12.5 Å². The quantitative estimate of drug-likeness (QED) is 0.791. The first-order valence-electron chi connectivity index (χ1n) is 7.40. The number of thiophene rings is 1. The molecule has 1 aromatic carbocycles. The number of nitriles is 1. The van der Waals surface area contributed by atoms with E-state index in [1.165, 1.54) is 36.6 Å². The molecule has 2 N–H and O–H groups in total. The summed E-state index contributed by atoms with van der Waals surface area (Å²) in [5.74, 6) is -1.10. The van der Waals surface area contributed by atoms with Crippen LogP contribution in [0, 0.1) is 22.6 Å². The van der Waals surface area contributed by atoms with Crippen LogP contribution in [0.15, 0.2) is 24.3 Å². The van der Waals surface area contributed by atoms with E-state index in [9.17, 15) is 12.8 Å². The number of rotatable bonds is 2. The molecule has 1 aliphatic rings. The lowest BCUT2D eigenvalue weighted by Crippen LogP contribution is -2.60. The molecular formula is C16H14ClFN4O2S2. The molecule has 10 heteroatoms. The van der Waals surface area contributed by atoms with Crippen LogP contribution in [0.3, 0.4) is 0 Å². The number of nitrogens with zero attached hydrogens (tertiary/aromatic N) is 2. The third-order valence-electron chi connectivity index (χ3n) is 4.16. The molecule has 1 aromatic heterocycles. The monoisotopic (exact) mass is 412 g/mol. The zero-order valence-electron chi connectivity index (χ0n) is 13.8. The normalized spacial score (nSPS) is 22.0. The van der Waals surface area contributed by atoms with Gasteiger partial charge in [0, 0.05) is 11.9 Å². The van der Waals surface area contributed by atoms with Gasteiger partial charge in [0.2, 0.25) is 16.0 Å². The fourth-order valence-electron chi connectivity index (χ4n) is 2.75. The maximum absolute atomic E-state index is 13.5. The Morgan fingerprint density at radius 2 is 2.15 bits per heavy atom. The summed E-state index contributed by atoms with van der Waals surface area (Å²) in [4.78, 5) is 1.23. The van der Waals surface area contributed by atoms with Crippen LogP contribution in [0.4, 0.5) is 4.39 Å². The molecule has 0 spiro atoms. The van der Waals surface area contributed by atoms with Gasteiger partial charge in [-0.25, -0.2) is 17.1 Å². The van der Waals surface area contributed by atoms with Crippen LogP contribution in [-0.4, -0.2) is 31.5 Å². The first-order valence-corrected chi connectivity index (χ1v) is 10.2. The Hall–Kier alpha value is -2.15. The molecule has 1 fully saturated rings. The minimum Gasteiger partial charge on any atom is -0.344 e. The van der Waals surface area contributed by atoms with Crippen molar-refractivity contribution in [3.63, 3.8) is 0 Å². The lowest BCUT2D eigenvalue weighted by molar-refractivity contribution is 0.424. The molecule has 0 saturated carbocycles. The van der Waals surface area contributed by atoms with Crippen molar-refractivity contribution in [1.29, 1.82) is 10.7 Å². The van der Waals surface area contributed by atoms with Gasteiger partial charge in [-0.1, -0.05) is 17.7 Å². The first kappa shape index (κ1) is 18.6. The molecule has 1 saturated heterocycles. The lowest BCUT2D eigenvalue weighted by Gasteiger charge is -2.39. The Bertz CT molecular complexity index is 1060. The minimum atomic E-state index is -3.65. The third kappa shape index (κ3) is 3.05. The van der Waals surface area contributed by atoms with E-state index in [2.05, 4.69) is 5.32 Å². The summed E-state index contributed by atoms with van der Waals surface area (Å²) in [6.07, 6.45) is 0. The van der Waals surface area contributed by atoms with E-state index in [0.29, 0.717) is 20.3 Å². The van der Waals surface area contributed by atoms with Gasteiger partial charge >= 0.3 is 0 Å². The second-order valence-corrected chi connectivity index (χ2v) is 9.58. The van der Waals surface area contributed by atoms with Crippen LogP contribution in [-0.2, 0) is 15.6 Å². The summed E-state index contributed by atoms with van der Waals surface area (Å²) in [6, 6.07) is 7.60. The molecule has 0 amide bonds.